The van der Waals surface area contributed by atoms with Crippen LogP contribution in [0.3, 0.4) is 0 Å². The fraction of sp³-hybridized carbons (Fsp3) is 0.462. The Morgan fingerprint density at radius 2 is 2.18 bits per heavy atom. The van der Waals surface area contributed by atoms with Gasteiger partial charge in [-0.05, 0) is 12.0 Å². The maximum atomic E-state index is 11.8. The smallest absolute Gasteiger partial charge is 0.410 e. The minimum atomic E-state index is -0.268. The summed E-state index contributed by atoms with van der Waals surface area (Å²) in [7, 11) is 1.42. The zero-order valence-electron chi connectivity index (χ0n) is 10.0. The van der Waals surface area contributed by atoms with Crippen LogP contribution in [0, 0.1) is 0 Å². The summed E-state index contributed by atoms with van der Waals surface area (Å²) in [6, 6.07) is 10.00. The summed E-state index contributed by atoms with van der Waals surface area (Å²) < 4.78 is 4.84. The molecule has 91 valence electrons. The number of nitrogens with zero attached hydrogens (tertiary/aromatic N) is 2. The van der Waals surface area contributed by atoms with Crippen molar-refractivity contribution in [1.29, 1.82) is 0 Å². The molecule has 17 heavy (non-hydrogen) atoms. The molecule has 0 aromatic heterocycles. The molecule has 1 fully saturated rings. The van der Waals surface area contributed by atoms with E-state index in [0.717, 1.165) is 18.5 Å². The Morgan fingerprint density at radius 1 is 1.41 bits per heavy atom. The lowest BCUT2D eigenvalue weighted by Gasteiger charge is -2.28. The zero-order chi connectivity index (χ0) is 12.1. The summed E-state index contributed by atoms with van der Waals surface area (Å²) in [6.45, 7) is 2.17. The van der Waals surface area contributed by atoms with Gasteiger partial charge in [-0.2, -0.15) is 0 Å². The van der Waals surface area contributed by atoms with Gasteiger partial charge < -0.3 is 4.74 Å². The number of benzene rings is 1. The third-order valence-corrected chi connectivity index (χ3v) is 2.99. The normalized spacial score (nSPS) is 20.8. The first-order valence-corrected chi connectivity index (χ1v) is 5.85. The minimum absolute atomic E-state index is 0.00569. The molecule has 1 saturated heterocycles. The zero-order valence-corrected chi connectivity index (χ0v) is 10.0. The van der Waals surface area contributed by atoms with Crippen molar-refractivity contribution in [3.8, 4) is 0 Å². The van der Waals surface area contributed by atoms with E-state index in [0.29, 0.717) is 13.1 Å². The van der Waals surface area contributed by atoms with Crippen LogP contribution in [0.2, 0.25) is 0 Å². The summed E-state index contributed by atoms with van der Waals surface area (Å²) in [5.41, 5.74) is 1.11. The molecule has 1 aliphatic rings. The molecule has 1 amide bonds. The van der Waals surface area contributed by atoms with Crippen LogP contribution in [0.4, 0.5) is 4.79 Å². The molecular formula is C13H17N2O2. The van der Waals surface area contributed by atoms with E-state index in [9.17, 15) is 4.79 Å². The maximum Gasteiger partial charge on any atom is 0.410 e. The first kappa shape index (κ1) is 11.9. The van der Waals surface area contributed by atoms with E-state index in [-0.39, 0.29) is 12.1 Å². The molecule has 1 aliphatic heterocycles. The highest BCUT2D eigenvalue weighted by Gasteiger charge is 2.27. The second kappa shape index (κ2) is 5.68. The highest BCUT2D eigenvalue weighted by atomic mass is 16.5. The predicted molar refractivity (Wildman–Crippen MR) is 64.8 cm³/mol. The molecule has 0 aliphatic carbocycles. The lowest BCUT2D eigenvalue weighted by atomic mass is 10.1. The Bertz CT molecular complexity index is 367. The number of amides is 1. The van der Waals surface area contributed by atoms with Crippen LogP contribution < -0.4 is 5.32 Å². The number of rotatable bonds is 1. The van der Waals surface area contributed by atoms with Gasteiger partial charge in [-0.25, -0.2) is 10.1 Å². The average Bonchev–Trinajstić information content (AvgIpc) is 2.64. The van der Waals surface area contributed by atoms with E-state index in [2.05, 4.69) is 5.32 Å². The number of hydrogen-bond acceptors (Lipinski definition) is 2. The third kappa shape index (κ3) is 2.77. The lowest BCUT2D eigenvalue weighted by molar-refractivity contribution is 0.108. The Hall–Kier alpha value is -1.55. The van der Waals surface area contributed by atoms with Crippen molar-refractivity contribution in [3.05, 3.63) is 35.9 Å². The monoisotopic (exact) mass is 233 g/mol. The van der Waals surface area contributed by atoms with Gasteiger partial charge in [0.2, 0.25) is 0 Å². The SMILES string of the molecule is COC(=O)N1CCC[N]CC1c1ccccc1. The summed E-state index contributed by atoms with van der Waals surface area (Å²) in [4.78, 5) is 13.5. The van der Waals surface area contributed by atoms with E-state index in [1.54, 1.807) is 4.90 Å². The number of carbonyl (C=O) groups excluding carboxylic acids is 1. The molecule has 1 aromatic carbocycles. The van der Waals surface area contributed by atoms with Gasteiger partial charge in [0.25, 0.3) is 0 Å². The molecule has 0 bridgehead atoms. The molecule has 1 aromatic rings. The van der Waals surface area contributed by atoms with E-state index in [1.807, 2.05) is 30.3 Å². The standard InChI is InChI=1S/C13H17N2O2/c1-17-13(16)15-9-5-8-14-10-12(15)11-6-3-2-4-7-11/h2-4,6-7,12H,5,8-10H2,1H3. The molecular weight excluding hydrogens is 216 g/mol. The van der Waals surface area contributed by atoms with Crippen LogP contribution >= 0.6 is 0 Å². The summed E-state index contributed by atoms with van der Waals surface area (Å²) in [6.07, 6.45) is 0.634. The summed E-state index contributed by atoms with van der Waals surface area (Å²) >= 11 is 0. The summed E-state index contributed by atoms with van der Waals surface area (Å²) in [5, 5.41) is 4.45. The first-order valence-electron chi connectivity index (χ1n) is 5.85. The van der Waals surface area contributed by atoms with Gasteiger partial charge in [-0.3, -0.25) is 4.90 Å². The van der Waals surface area contributed by atoms with E-state index < -0.39 is 0 Å². The second-order valence-corrected chi connectivity index (χ2v) is 4.07. The topological polar surface area (TPSA) is 43.6 Å². The minimum Gasteiger partial charge on any atom is -0.453 e. The molecule has 0 spiro atoms. The van der Waals surface area contributed by atoms with Crippen LogP contribution in [0.5, 0.6) is 0 Å². The van der Waals surface area contributed by atoms with Crippen LogP contribution in [-0.4, -0.2) is 37.7 Å². The largest absolute Gasteiger partial charge is 0.453 e. The number of carbonyl (C=O) groups is 1. The fourth-order valence-electron chi connectivity index (χ4n) is 2.12. The Kier molecular flexibility index (Phi) is 3.98. The third-order valence-electron chi connectivity index (χ3n) is 2.99. The van der Waals surface area contributed by atoms with Crippen molar-refractivity contribution < 1.29 is 9.53 Å². The van der Waals surface area contributed by atoms with Gasteiger partial charge in [0.1, 0.15) is 0 Å². The van der Waals surface area contributed by atoms with Crippen LogP contribution in [0.1, 0.15) is 18.0 Å². The molecule has 1 unspecified atom stereocenters. The Labute approximate surface area is 102 Å². The number of hydrogen-bond donors (Lipinski definition) is 0. The molecule has 0 N–H and O–H groups in total. The predicted octanol–water partition coefficient (Wildman–Crippen LogP) is 1.80. The van der Waals surface area contributed by atoms with Gasteiger partial charge in [-0.15, -0.1) is 0 Å². The Morgan fingerprint density at radius 3 is 2.88 bits per heavy atom. The van der Waals surface area contributed by atoms with Crippen molar-refractivity contribution in [2.24, 2.45) is 0 Å². The van der Waals surface area contributed by atoms with Gasteiger partial charge >= 0.3 is 6.09 Å². The van der Waals surface area contributed by atoms with Crippen molar-refractivity contribution in [2.45, 2.75) is 12.5 Å². The van der Waals surface area contributed by atoms with Crippen LogP contribution in [-0.2, 0) is 4.74 Å². The number of methoxy groups -OCH3 is 1. The number of ether oxygens (including phenoxy) is 1. The van der Waals surface area contributed by atoms with Crippen LogP contribution in [0.25, 0.3) is 0 Å². The molecule has 0 saturated carbocycles. The molecule has 4 nitrogen and oxygen atoms in total. The van der Waals surface area contributed by atoms with Gasteiger partial charge in [0.15, 0.2) is 0 Å². The van der Waals surface area contributed by atoms with Gasteiger partial charge in [0, 0.05) is 19.6 Å². The second-order valence-electron chi connectivity index (χ2n) is 4.07. The molecule has 1 atom stereocenters. The highest BCUT2D eigenvalue weighted by Crippen LogP contribution is 2.22. The maximum absolute atomic E-state index is 11.8. The van der Waals surface area contributed by atoms with Crippen molar-refractivity contribution in [2.75, 3.05) is 26.7 Å². The van der Waals surface area contributed by atoms with Crippen molar-refractivity contribution in [3.63, 3.8) is 0 Å². The molecule has 1 heterocycles. The van der Waals surface area contributed by atoms with E-state index in [1.165, 1.54) is 7.11 Å². The molecule has 2 rings (SSSR count). The van der Waals surface area contributed by atoms with Crippen molar-refractivity contribution in [1.82, 2.24) is 10.2 Å². The molecule has 4 heteroatoms. The first-order chi connectivity index (χ1) is 8.33. The summed E-state index contributed by atoms with van der Waals surface area (Å²) in [5.74, 6) is 0. The Balaban J connectivity index is 2.23. The quantitative estimate of drug-likeness (QED) is 0.742. The van der Waals surface area contributed by atoms with E-state index >= 15 is 0 Å². The molecule has 1 radical (unpaired) electrons. The average molecular weight is 233 g/mol. The fourth-order valence-corrected chi connectivity index (χ4v) is 2.12. The van der Waals surface area contributed by atoms with E-state index in [4.69, 9.17) is 4.74 Å². The van der Waals surface area contributed by atoms with Crippen LogP contribution in [0.15, 0.2) is 30.3 Å². The highest BCUT2D eigenvalue weighted by molar-refractivity contribution is 5.68. The van der Waals surface area contributed by atoms with Gasteiger partial charge in [-0.1, -0.05) is 30.3 Å². The van der Waals surface area contributed by atoms with Crippen molar-refractivity contribution >= 4 is 6.09 Å². The van der Waals surface area contributed by atoms with Gasteiger partial charge in [0.05, 0.1) is 13.2 Å². The lowest BCUT2D eigenvalue weighted by Crippen LogP contribution is -2.36.